The van der Waals surface area contributed by atoms with Crippen molar-refractivity contribution >= 4 is 19.9 Å². The van der Waals surface area contributed by atoms with Gasteiger partial charge in [-0.05, 0) is 41.5 Å². The number of hydrogen-bond donors (Lipinski definition) is 2. The van der Waals surface area contributed by atoms with Crippen LogP contribution in [0.3, 0.4) is 0 Å². The van der Waals surface area contributed by atoms with Gasteiger partial charge in [-0.15, -0.1) is 0 Å². The molecule has 2 N–H and O–H groups in total. The number of hydrogen-bond acceptors (Lipinski definition) is 5. The number of sulfone groups is 1. The van der Waals surface area contributed by atoms with Crippen LogP contribution in [0.4, 0.5) is 13.2 Å². The lowest BCUT2D eigenvalue weighted by Gasteiger charge is -2.20. The minimum Gasteiger partial charge on any atom is -0.391 e. The van der Waals surface area contributed by atoms with Crippen LogP contribution >= 0.6 is 0 Å². The van der Waals surface area contributed by atoms with Crippen LogP contribution in [0.25, 0.3) is 0 Å². The Kier molecular flexibility index (Phi) is 5.85. The van der Waals surface area contributed by atoms with E-state index in [1.165, 1.54) is 24.3 Å². The number of halogens is 3. The Morgan fingerprint density at radius 1 is 0.848 bits per heavy atom. The Morgan fingerprint density at radius 3 is 2.15 bits per heavy atom. The van der Waals surface area contributed by atoms with E-state index in [9.17, 15) is 35.1 Å². The lowest BCUT2D eigenvalue weighted by atomic mass is 10.1. The van der Waals surface area contributed by atoms with E-state index in [4.69, 9.17) is 0 Å². The molecule has 3 aromatic rings. The highest BCUT2D eigenvalue weighted by molar-refractivity contribution is 7.91. The second kappa shape index (κ2) is 8.24. The van der Waals surface area contributed by atoms with Crippen LogP contribution in [-0.4, -0.2) is 28.0 Å². The lowest BCUT2D eigenvalue weighted by Crippen LogP contribution is -2.35. The zero-order chi connectivity index (χ0) is 24.0. The maximum atomic E-state index is 13.7. The highest BCUT2D eigenvalue weighted by Crippen LogP contribution is 2.38. The Bertz CT molecular complexity index is 1410. The van der Waals surface area contributed by atoms with Gasteiger partial charge >= 0.3 is 6.18 Å². The first-order chi connectivity index (χ1) is 15.4. The number of aliphatic hydroxyl groups is 1. The molecule has 0 heterocycles. The van der Waals surface area contributed by atoms with Crippen LogP contribution in [0.1, 0.15) is 22.7 Å². The summed E-state index contributed by atoms with van der Waals surface area (Å²) in [5, 5.41) is 10.3. The van der Waals surface area contributed by atoms with Crippen LogP contribution in [0, 0.1) is 0 Å². The molecule has 1 aliphatic rings. The molecule has 0 amide bonds. The van der Waals surface area contributed by atoms with E-state index in [0.29, 0.717) is 23.3 Å². The molecule has 0 unspecified atom stereocenters. The van der Waals surface area contributed by atoms with Gasteiger partial charge in [0.05, 0.1) is 32.4 Å². The maximum absolute atomic E-state index is 13.7. The molecule has 33 heavy (non-hydrogen) atoms. The molecule has 2 atom stereocenters. The predicted molar refractivity (Wildman–Crippen MR) is 113 cm³/mol. The third-order valence-electron chi connectivity index (χ3n) is 5.40. The molecule has 0 aliphatic heterocycles. The van der Waals surface area contributed by atoms with Crippen molar-refractivity contribution in [1.82, 2.24) is 4.72 Å². The van der Waals surface area contributed by atoms with Gasteiger partial charge in [-0.1, -0.05) is 42.5 Å². The first kappa shape index (κ1) is 23.4. The fraction of sp³-hybridized carbons (Fsp3) is 0.182. The molecule has 6 nitrogen and oxygen atoms in total. The van der Waals surface area contributed by atoms with Gasteiger partial charge in [0, 0.05) is 6.42 Å². The average Bonchev–Trinajstić information content (AvgIpc) is 3.08. The maximum Gasteiger partial charge on any atom is 0.417 e. The Morgan fingerprint density at radius 2 is 1.48 bits per heavy atom. The van der Waals surface area contributed by atoms with Crippen molar-refractivity contribution in [2.24, 2.45) is 0 Å². The highest BCUT2D eigenvalue weighted by atomic mass is 32.2. The molecule has 0 saturated carbocycles. The van der Waals surface area contributed by atoms with Crippen molar-refractivity contribution in [3.05, 3.63) is 89.5 Å². The normalized spacial score (nSPS) is 18.8. The van der Waals surface area contributed by atoms with Crippen molar-refractivity contribution in [2.45, 2.75) is 39.4 Å². The second-order valence-corrected chi connectivity index (χ2v) is 11.2. The van der Waals surface area contributed by atoms with E-state index in [0.717, 1.165) is 6.07 Å². The van der Waals surface area contributed by atoms with Crippen molar-refractivity contribution in [1.29, 1.82) is 0 Å². The van der Waals surface area contributed by atoms with Crippen molar-refractivity contribution in [2.75, 3.05) is 0 Å². The van der Waals surface area contributed by atoms with E-state index in [1.807, 2.05) is 0 Å². The summed E-state index contributed by atoms with van der Waals surface area (Å²) in [7, 11) is -9.17. The zero-order valence-corrected chi connectivity index (χ0v) is 18.5. The van der Waals surface area contributed by atoms with Gasteiger partial charge in [-0.25, -0.2) is 21.6 Å². The SMILES string of the molecule is O=S(=O)(N[C@@H]1c2ccccc2C[C@@H]1O)c1cc(S(=O)(=O)c2ccccc2)ccc1C(F)(F)F. The summed E-state index contributed by atoms with van der Waals surface area (Å²) in [6, 6.07) is 14.0. The molecule has 11 heteroatoms. The molecule has 0 radical (unpaired) electrons. The van der Waals surface area contributed by atoms with Crippen LogP contribution in [-0.2, 0) is 32.5 Å². The third kappa shape index (κ3) is 4.41. The minimum absolute atomic E-state index is 0.123. The number of nitrogens with one attached hydrogen (secondary N) is 1. The quantitative estimate of drug-likeness (QED) is 0.562. The van der Waals surface area contributed by atoms with Crippen LogP contribution in [0.15, 0.2) is 87.5 Å². The lowest BCUT2D eigenvalue weighted by molar-refractivity contribution is -0.139. The number of fused-ring (bicyclic) bond motifs is 1. The van der Waals surface area contributed by atoms with Gasteiger partial charge < -0.3 is 5.11 Å². The summed E-state index contributed by atoms with van der Waals surface area (Å²) in [5.41, 5.74) is -0.410. The van der Waals surface area contributed by atoms with E-state index in [-0.39, 0.29) is 11.3 Å². The summed E-state index contributed by atoms with van der Waals surface area (Å²) >= 11 is 0. The van der Waals surface area contributed by atoms with Crippen molar-refractivity contribution in [3.63, 3.8) is 0 Å². The predicted octanol–water partition coefficient (Wildman–Crippen LogP) is 3.47. The Hall–Kier alpha value is -2.73. The molecule has 174 valence electrons. The molecule has 0 fully saturated rings. The molecule has 1 aliphatic carbocycles. The first-order valence-electron chi connectivity index (χ1n) is 9.71. The van der Waals surface area contributed by atoms with Gasteiger partial charge in [0.1, 0.15) is 0 Å². The van der Waals surface area contributed by atoms with E-state index >= 15 is 0 Å². The van der Waals surface area contributed by atoms with E-state index in [2.05, 4.69) is 4.72 Å². The Labute approximate surface area is 188 Å². The number of rotatable bonds is 5. The van der Waals surface area contributed by atoms with E-state index in [1.54, 1.807) is 30.3 Å². The van der Waals surface area contributed by atoms with Gasteiger partial charge in [-0.3, -0.25) is 0 Å². The molecular weight excluding hydrogens is 479 g/mol. The zero-order valence-electron chi connectivity index (χ0n) is 16.8. The van der Waals surface area contributed by atoms with Gasteiger partial charge in [0.15, 0.2) is 0 Å². The molecule has 0 saturated heterocycles. The second-order valence-electron chi connectivity index (χ2n) is 7.54. The number of benzene rings is 3. The fourth-order valence-electron chi connectivity index (χ4n) is 3.81. The standard InChI is InChI=1S/C22H18F3NO5S2/c23-22(24,25)18-11-10-16(32(28,29)15-7-2-1-3-8-15)13-20(18)33(30,31)26-21-17-9-5-4-6-14(17)12-19(21)27/h1-11,13,19,21,26-27H,12H2/t19-,21+/m0/s1. The first-order valence-corrected chi connectivity index (χ1v) is 12.7. The molecule has 0 spiro atoms. The summed E-state index contributed by atoms with van der Waals surface area (Å²) in [4.78, 5) is -2.03. The topological polar surface area (TPSA) is 101 Å². The molecule has 0 aromatic heterocycles. The molecule has 3 aromatic carbocycles. The average molecular weight is 498 g/mol. The summed E-state index contributed by atoms with van der Waals surface area (Å²) in [6.07, 6.45) is -6.13. The Balaban J connectivity index is 1.82. The van der Waals surface area contributed by atoms with Gasteiger partial charge in [0.25, 0.3) is 0 Å². The molecule has 0 bridgehead atoms. The fourth-order valence-corrected chi connectivity index (χ4v) is 6.69. The largest absolute Gasteiger partial charge is 0.417 e. The monoisotopic (exact) mass is 497 g/mol. The number of sulfonamides is 1. The van der Waals surface area contributed by atoms with Crippen LogP contribution < -0.4 is 4.72 Å². The highest BCUT2D eigenvalue weighted by Gasteiger charge is 2.41. The summed E-state index contributed by atoms with van der Waals surface area (Å²) in [5.74, 6) is 0. The number of alkyl halides is 3. The van der Waals surface area contributed by atoms with Gasteiger partial charge in [-0.2, -0.15) is 13.2 Å². The van der Waals surface area contributed by atoms with Crippen molar-refractivity contribution < 1.29 is 35.1 Å². The van der Waals surface area contributed by atoms with Crippen molar-refractivity contribution in [3.8, 4) is 0 Å². The molecule has 4 rings (SSSR count). The summed E-state index contributed by atoms with van der Waals surface area (Å²) < 4.78 is 95.2. The van der Waals surface area contributed by atoms with Gasteiger partial charge in [0.2, 0.25) is 19.9 Å². The van der Waals surface area contributed by atoms with Crippen LogP contribution in [0.2, 0.25) is 0 Å². The van der Waals surface area contributed by atoms with Crippen LogP contribution in [0.5, 0.6) is 0 Å². The smallest absolute Gasteiger partial charge is 0.391 e. The van der Waals surface area contributed by atoms with E-state index < -0.39 is 53.5 Å². The number of aliphatic hydroxyl groups excluding tert-OH is 1. The summed E-state index contributed by atoms with van der Waals surface area (Å²) in [6.45, 7) is 0. The third-order valence-corrected chi connectivity index (χ3v) is 8.65. The minimum atomic E-state index is -5.06. The molecular formula is C22H18F3NO5S2.